The van der Waals surface area contributed by atoms with Gasteiger partial charge < -0.3 is 15.4 Å². The number of rotatable bonds is 6. The van der Waals surface area contributed by atoms with E-state index in [4.69, 9.17) is 4.74 Å². The molecular formula is C19H30N2O2. The monoisotopic (exact) mass is 318 g/mol. The maximum absolute atomic E-state index is 12.3. The van der Waals surface area contributed by atoms with Gasteiger partial charge in [0.25, 0.3) is 0 Å². The highest BCUT2D eigenvalue weighted by Gasteiger charge is 2.18. The van der Waals surface area contributed by atoms with Gasteiger partial charge in [-0.2, -0.15) is 0 Å². The molecule has 0 aliphatic heterocycles. The molecule has 0 bridgehead atoms. The Morgan fingerprint density at radius 3 is 2.35 bits per heavy atom. The van der Waals surface area contributed by atoms with E-state index < -0.39 is 0 Å². The Morgan fingerprint density at radius 2 is 1.74 bits per heavy atom. The van der Waals surface area contributed by atoms with Crippen LogP contribution >= 0.6 is 0 Å². The third-order valence-corrected chi connectivity index (χ3v) is 4.61. The number of methoxy groups -OCH3 is 1. The second-order valence-electron chi connectivity index (χ2n) is 6.50. The zero-order valence-electron chi connectivity index (χ0n) is 14.4. The molecule has 128 valence electrons. The van der Waals surface area contributed by atoms with Crippen molar-refractivity contribution in [2.24, 2.45) is 0 Å². The van der Waals surface area contributed by atoms with Crippen molar-refractivity contribution in [1.29, 1.82) is 0 Å². The van der Waals surface area contributed by atoms with E-state index in [0.717, 1.165) is 11.3 Å². The van der Waals surface area contributed by atoms with Crippen LogP contribution in [0.4, 0.5) is 0 Å². The van der Waals surface area contributed by atoms with Crippen molar-refractivity contribution in [1.82, 2.24) is 10.6 Å². The molecule has 23 heavy (non-hydrogen) atoms. The maximum Gasteiger partial charge on any atom is 0.237 e. The first-order valence-corrected chi connectivity index (χ1v) is 8.85. The van der Waals surface area contributed by atoms with E-state index in [-0.39, 0.29) is 11.9 Å². The van der Waals surface area contributed by atoms with Gasteiger partial charge in [-0.3, -0.25) is 4.79 Å². The topological polar surface area (TPSA) is 50.4 Å². The van der Waals surface area contributed by atoms with E-state index in [9.17, 15) is 4.79 Å². The highest BCUT2D eigenvalue weighted by atomic mass is 16.5. The first-order valence-electron chi connectivity index (χ1n) is 8.85. The number of hydrogen-bond acceptors (Lipinski definition) is 3. The van der Waals surface area contributed by atoms with Crippen LogP contribution in [0.3, 0.4) is 0 Å². The first-order chi connectivity index (χ1) is 11.2. The molecule has 4 nitrogen and oxygen atoms in total. The molecule has 0 unspecified atom stereocenters. The molecule has 1 fully saturated rings. The lowest BCUT2D eigenvalue weighted by Crippen LogP contribution is -2.46. The standard InChI is InChI=1S/C19H30N2O2/c1-15(21-17-8-6-4-3-5-7-9-17)19(22)20-14-16-10-12-18(23-2)13-11-16/h10-13,15,17,21H,3-9,14H2,1-2H3,(H,20,22)/t15-/m0/s1. The van der Waals surface area contributed by atoms with Crippen LogP contribution in [0.5, 0.6) is 5.75 Å². The quantitative estimate of drug-likeness (QED) is 0.845. The van der Waals surface area contributed by atoms with Crippen LogP contribution in [0, 0.1) is 0 Å². The van der Waals surface area contributed by atoms with E-state index in [1.165, 1.54) is 44.9 Å². The van der Waals surface area contributed by atoms with Gasteiger partial charge >= 0.3 is 0 Å². The average Bonchev–Trinajstić information content (AvgIpc) is 2.55. The number of amides is 1. The fraction of sp³-hybridized carbons (Fsp3) is 0.632. The summed E-state index contributed by atoms with van der Waals surface area (Å²) in [7, 11) is 1.65. The first kappa shape index (κ1) is 17.8. The van der Waals surface area contributed by atoms with Crippen LogP contribution in [0.15, 0.2) is 24.3 Å². The van der Waals surface area contributed by atoms with E-state index in [0.29, 0.717) is 12.6 Å². The largest absolute Gasteiger partial charge is 0.497 e. The molecule has 4 heteroatoms. The second kappa shape index (κ2) is 9.56. The van der Waals surface area contributed by atoms with Gasteiger partial charge in [-0.1, -0.05) is 44.2 Å². The average molecular weight is 318 g/mol. The minimum absolute atomic E-state index is 0.0721. The Morgan fingerprint density at radius 1 is 1.13 bits per heavy atom. The van der Waals surface area contributed by atoms with E-state index in [1.54, 1.807) is 7.11 Å². The van der Waals surface area contributed by atoms with Crippen molar-refractivity contribution < 1.29 is 9.53 Å². The lowest BCUT2D eigenvalue weighted by Gasteiger charge is -2.24. The number of ether oxygens (including phenoxy) is 1. The summed E-state index contributed by atoms with van der Waals surface area (Å²) in [6.07, 6.45) is 8.96. The summed E-state index contributed by atoms with van der Waals surface area (Å²) in [5.41, 5.74) is 1.08. The summed E-state index contributed by atoms with van der Waals surface area (Å²) in [4.78, 5) is 12.3. The van der Waals surface area contributed by atoms with Crippen LogP contribution in [0.25, 0.3) is 0 Å². The molecule has 2 N–H and O–H groups in total. The van der Waals surface area contributed by atoms with Crippen molar-refractivity contribution in [3.8, 4) is 5.75 Å². The molecule has 0 spiro atoms. The lowest BCUT2D eigenvalue weighted by atomic mass is 9.96. The predicted octanol–water partition coefficient (Wildman–Crippen LogP) is 3.40. The highest BCUT2D eigenvalue weighted by molar-refractivity contribution is 5.81. The number of hydrogen-bond donors (Lipinski definition) is 2. The van der Waals surface area contributed by atoms with Crippen LogP contribution in [-0.4, -0.2) is 25.1 Å². The summed E-state index contributed by atoms with van der Waals surface area (Å²) < 4.78 is 5.14. The van der Waals surface area contributed by atoms with Crippen LogP contribution in [0.2, 0.25) is 0 Å². The summed E-state index contributed by atoms with van der Waals surface area (Å²) in [6.45, 7) is 2.52. The fourth-order valence-corrected chi connectivity index (χ4v) is 3.14. The van der Waals surface area contributed by atoms with Gasteiger partial charge in [0.2, 0.25) is 5.91 Å². The number of carbonyl (C=O) groups excluding carboxylic acids is 1. The Hall–Kier alpha value is -1.55. The SMILES string of the molecule is COc1ccc(CNC(=O)[C@H](C)NC2CCCCCCC2)cc1. The Bertz CT molecular complexity index is 465. The fourth-order valence-electron chi connectivity index (χ4n) is 3.14. The molecule has 1 aromatic carbocycles. The smallest absolute Gasteiger partial charge is 0.237 e. The van der Waals surface area contributed by atoms with E-state index in [1.807, 2.05) is 31.2 Å². The van der Waals surface area contributed by atoms with Crippen molar-refractivity contribution in [3.63, 3.8) is 0 Å². The molecule has 1 aliphatic carbocycles. The van der Waals surface area contributed by atoms with Crippen LogP contribution in [-0.2, 0) is 11.3 Å². The number of nitrogens with one attached hydrogen (secondary N) is 2. The molecule has 0 radical (unpaired) electrons. The van der Waals surface area contributed by atoms with E-state index >= 15 is 0 Å². The zero-order valence-corrected chi connectivity index (χ0v) is 14.4. The summed E-state index contributed by atoms with van der Waals surface area (Å²) in [5.74, 6) is 0.905. The third-order valence-electron chi connectivity index (χ3n) is 4.61. The maximum atomic E-state index is 12.3. The van der Waals surface area contributed by atoms with Crippen molar-refractivity contribution in [2.75, 3.05) is 7.11 Å². The number of benzene rings is 1. The normalized spacial score (nSPS) is 17.8. The number of carbonyl (C=O) groups is 1. The summed E-state index contributed by atoms with van der Waals surface area (Å²) in [6, 6.07) is 8.13. The second-order valence-corrected chi connectivity index (χ2v) is 6.50. The summed E-state index contributed by atoms with van der Waals surface area (Å²) >= 11 is 0. The van der Waals surface area contributed by atoms with Crippen molar-refractivity contribution >= 4 is 5.91 Å². The van der Waals surface area contributed by atoms with Gasteiger partial charge in [-0.25, -0.2) is 0 Å². The zero-order chi connectivity index (χ0) is 16.5. The van der Waals surface area contributed by atoms with Crippen LogP contribution < -0.4 is 15.4 Å². The molecule has 0 heterocycles. The van der Waals surface area contributed by atoms with Gasteiger partial charge in [-0.05, 0) is 37.5 Å². The van der Waals surface area contributed by atoms with Gasteiger partial charge in [0, 0.05) is 12.6 Å². The third kappa shape index (κ3) is 6.22. The molecular weight excluding hydrogens is 288 g/mol. The molecule has 1 amide bonds. The molecule has 0 aromatic heterocycles. The molecule has 1 saturated carbocycles. The lowest BCUT2D eigenvalue weighted by molar-refractivity contribution is -0.123. The highest BCUT2D eigenvalue weighted by Crippen LogP contribution is 2.17. The van der Waals surface area contributed by atoms with Crippen molar-refractivity contribution in [2.45, 2.75) is 70.5 Å². The van der Waals surface area contributed by atoms with E-state index in [2.05, 4.69) is 10.6 Å². The van der Waals surface area contributed by atoms with Gasteiger partial charge in [0.15, 0.2) is 0 Å². The summed E-state index contributed by atoms with van der Waals surface area (Å²) in [5, 5.41) is 6.52. The molecule has 1 atom stereocenters. The minimum Gasteiger partial charge on any atom is -0.497 e. The molecule has 2 rings (SSSR count). The van der Waals surface area contributed by atoms with Gasteiger partial charge in [-0.15, -0.1) is 0 Å². The molecule has 1 aliphatic rings. The Labute approximate surface area is 140 Å². The minimum atomic E-state index is -0.141. The van der Waals surface area contributed by atoms with Gasteiger partial charge in [0.05, 0.1) is 13.2 Å². The Kier molecular flexibility index (Phi) is 7.40. The van der Waals surface area contributed by atoms with Crippen LogP contribution in [0.1, 0.15) is 57.4 Å². The predicted molar refractivity (Wildman–Crippen MR) is 93.5 cm³/mol. The van der Waals surface area contributed by atoms with Crippen molar-refractivity contribution in [3.05, 3.63) is 29.8 Å². The molecule has 1 aromatic rings. The molecule has 0 saturated heterocycles. The van der Waals surface area contributed by atoms with Gasteiger partial charge in [0.1, 0.15) is 5.75 Å². The Balaban J connectivity index is 1.74.